The molecule has 7 rings (SSSR count). The molecule has 1 aromatic heterocycles. The van der Waals surface area contributed by atoms with E-state index < -0.39 is 29.8 Å². The van der Waals surface area contributed by atoms with Gasteiger partial charge in [0, 0.05) is 90.1 Å². The van der Waals surface area contributed by atoms with Crippen LogP contribution >= 0.6 is 0 Å². The Morgan fingerprint density at radius 3 is 2.24 bits per heavy atom. The molecule has 0 radical (unpaired) electrons. The molecule has 4 aliphatic heterocycles. The van der Waals surface area contributed by atoms with Crippen LogP contribution in [-0.2, 0) is 39.0 Å². The molecule has 288 valence electrons. The number of carbonyl (C=O) groups is 5. The van der Waals surface area contributed by atoms with Gasteiger partial charge in [-0.3, -0.25) is 19.1 Å². The molecular weight excluding hydrogens is 698 g/mol. The maximum absolute atomic E-state index is 14.2. The van der Waals surface area contributed by atoms with E-state index in [0.29, 0.717) is 101 Å². The third-order valence-corrected chi connectivity index (χ3v) is 11.5. The summed E-state index contributed by atoms with van der Waals surface area (Å²) in [5.41, 5.74) is 4.44. The smallest absolute Gasteiger partial charge is 0.419 e. The van der Waals surface area contributed by atoms with E-state index in [4.69, 9.17) is 14.3 Å². The lowest BCUT2D eigenvalue weighted by Crippen LogP contribution is -2.57. The fourth-order valence-electron chi connectivity index (χ4n) is 8.47. The Hall–Kier alpha value is -5.38. The van der Waals surface area contributed by atoms with Crippen molar-refractivity contribution in [1.82, 2.24) is 29.1 Å². The lowest BCUT2D eigenvalue weighted by Gasteiger charge is -2.43. The number of fused-ring (bicyclic) bond motifs is 2. The summed E-state index contributed by atoms with van der Waals surface area (Å²) in [5.74, 6) is -3.13. The minimum Gasteiger partial charge on any atom is -0.474 e. The number of amides is 5. The molecule has 5 amide bonds. The molecule has 5 heterocycles. The number of hydrogen-bond donors (Lipinski definition) is 2. The number of piperazine rings is 1. The number of nitrogens with zero attached hydrogens (tertiary/aromatic N) is 6. The number of rotatable bonds is 6. The van der Waals surface area contributed by atoms with Gasteiger partial charge in [0.05, 0.1) is 5.52 Å². The number of aromatic nitrogens is 1. The number of aryl methyl sites for hydroxylation is 2. The van der Waals surface area contributed by atoms with Gasteiger partial charge in [0.1, 0.15) is 0 Å². The number of piperidine rings is 2. The molecule has 0 saturated carbocycles. The standard InChI is InChI=1S/C38H47N7O9/c1-24-21-25(22-30-32(24)40(2)37(51)53-30)23-31(33(46)43-19-17-41(18-20-43)27-8-12-42(13-9-27)34(47)35(48)49)54-38(52)44-14-10-28(11-15-44)45-16-7-26-5-3-4-6-29(26)39-36(45)50/h3-6,21-22,27-28,31H,7-20,23H2,1-2H3,(H,39,50)(H,48,49)/t31-/m1/s1. The van der Waals surface area contributed by atoms with Crippen molar-refractivity contribution < 1.29 is 38.2 Å². The van der Waals surface area contributed by atoms with Crippen molar-refractivity contribution in [3.63, 3.8) is 0 Å². The van der Waals surface area contributed by atoms with E-state index in [1.807, 2.05) is 42.2 Å². The van der Waals surface area contributed by atoms with Gasteiger partial charge in [0.25, 0.3) is 5.91 Å². The lowest BCUT2D eigenvalue weighted by atomic mass is 10.0. The summed E-state index contributed by atoms with van der Waals surface area (Å²) in [7, 11) is 1.63. The summed E-state index contributed by atoms with van der Waals surface area (Å²) in [6.07, 6.45) is 1.55. The SMILES string of the molecule is Cc1cc(C[C@@H](OC(=O)N2CCC(N3CCc4ccccc4NC3=O)CC2)C(=O)N2CCN(C3CCN(C(=O)C(=O)O)CC3)CC2)cc2oc(=O)n(C)c12. The molecule has 2 N–H and O–H groups in total. The van der Waals surface area contributed by atoms with Crippen LogP contribution in [0, 0.1) is 6.92 Å². The zero-order valence-corrected chi connectivity index (χ0v) is 30.7. The van der Waals surface area contributed by atoms with E-state index in [1.54, 1.807) is 22.9 Å². The van der Waals surface area contributed by atoms with Gasteiger partial charge in [-0.15, -0.1) is 0 Å². The van der Waals surface area contributed by atoms with E-state index in [1.165, 1.54) is 9.47 Å². The fraction of sp³-hybridized carbons (Fsp3) is 0.526. The largest absolute Gasteiger partial charge is 0.474 e. The van der Waals surface area contributed by atoms with Gasteiger partial charge >= 0.3 is 29.8 Å². The fourth-order valence-corrected chi connectivity index (χ4v) is 8.47. The predicted octanol–water partition coefficient (Wildman–Crippen LogP) is 2.26. The number of carboxylic acids is 1. The Morgan fingerprint density at radius 1 is 0.870 bits per heavy atom. The second kappa shape index (κ2) is 15.5. The van der Waals surface area contributed by atoms with Crippen molar-refractivity contribution in [2.75, 3.05) is 64.2 Å². The first-order chi connectivity index (χ1) is 26.0. The number of benzene rings is 2. The number of anilines is 1. The number of aliphatic carboxylic acids is 1. The van der Waals surface area contributed by atoms with Gasteiger partial charge in [-0.25, -0.2) is 19.2 Å². The van der Waals surface area contributed by atoms with Crippen molar-refractivity contribution in [2.24, 2.45) is 7.05 Å². The maximum Gasteiger partial charge on any atom is 0.419 e. The second-order valence-corrected chi connectivity index (χ2v) is 14.7. The van der Waals surface area contributed by atoms with Crippen LogP contribution < -0.4 is 11.1 Å². The van der Waals surface area contributed by atoms with Crippen LogP contribution in [-0.4, -0.2) is 141 Å². The van der Waals surface area contributed by atoms with Crippen molar-refractivity contribution in [2.45, 2.75) is 63.6 Å². The second-order valence-electron chi connectivity index (χ2n) is 14.7. The van der Waals surface area contributed by atoms with Crippen molar-refractivity contribution >= 4 is 46.7 Å². The molecule has 3 saturated heterocycles. The van der Waals surface area contributed by atoms with Crippen LogP contribution in [0.1, 0.15) is 42.4 Å². The number of carboxylic acid groups (broad SMARTS) is 1. The number of hydrogen-bond acceptors (Lipinski definition) is 9. The Balaban J connectivity index is 1.00. The van der Waals surface area contributed by atoms with Crippen molar-refractivity contribution in [3.05, 3.63) is 63.6 Å². The number of urea groups is 1. The van der Waals surface area contributed by atoms with E-state index >= 15 is 0 Å². The van der Waals surface area contributed by atoms with Gasteiger partial charge < -0.3 is 39.2 Å². The van der Waals surface area contributed by atoms with Gasteiger partial charge in [0.2, 0.25) is 0 Å². The van der Waals surface area contributed by atoms with E-state index in [9.17, 15) is 28.8 Å². The zero-order chi connectivity index (χ0) is 38.1. The lowest BCUT2D eigenvalue weighted by molar-refractivity contribution is -0.156. The van der Waals surface area contributed by atoms with Crippen LogP contribution in [0.4, 0.5) is 15.3 Å². The van der Waals surface area contributed by atoms with Crippen LogP contribution in [0.2, 0.25) is 0 Å². The molecule has 16 heteroatoms. The highest BCUT2D eigenvalue weighted by Gasteiger charge is 2.37. The van der Waals surface area contributed by atoms with Gasteiger partial charge in [-0.1, -0.05) is 24.3 Å². The van der Waals surface area contributed by atoms with Crippen LogP contribution in [0.15, 0.2) is 45.6 Å². The molecular formula is C38H47N7O9. The molecule has 0 spiro atoms. The van der Waals surface area contributed by atoms with Crippen LogP contribution in [0.25, 0.3) is 11.1 Å². The highest BCUT2D eigenvalue weighted by atomic mass is 16.6. The Kier molecular flexibility index (Phi) is 10.6. The summed E-state index contributed by atoms with van der Waals surface area (Å²) < 4.78 is 12.9. The molecule has 1 atom stereocenters. The molecule has 0 bridgehead atoms. The summed E-state index contributed by atoms with van der Waals surface area (Å²) in [5, 5.41) is 12.1. The number of para-hydroxylation sites is 1. The third kappa shape index (κ3) is 7.65. The average molecular weight is 746 g/mol. The number of oxazole rings is 1. The molecule has 3 fully saturated rings. The molecule has 3 aromatic rings. The van der Waals surface area contributed by atoms with Crippen LogP contribution in [0.3, 0.4) is 0 Å². The first-order valence-electron chi connectivity index (χ1n) is 18.7. The van der Waals surface area contributed by atoms with Crippen molar-refractivity contribution in [1.29, 1.82) is 0 Å². The highest BCUT2D eigenvalue weighted by Crippen LogP contribution is 2.27. The quantitative estimate of drug-likeness (QED) is 0.356. The van der Waals surface area contributed by atoms with Gasteiger partial charge in [-0.05, 0) is 67.9 Å². The zero-order valence-electron chi connectivity index (χ0n) is 30.7. The minimum absolute atomic E-state index is 0.0442. The first kappa shape index (κ1) is 37.0. The Labute approximate surface area is 312 Å². The maximum atomic E-state index is 14.2. The molecule has 2 aromatic carbocycles. The summed E-state index contributed by atoms with van der Waals surface area (Å²) in [4.78, 5) is 85.2. The van der Waals surface area contributed by atoms with Crippen molar-refractivity contribution in [3.8, 4) is 0 Å². The number of likely N-dealkylation sites (tertiary alicyclic amines) is 2. The summed E-state index contributed by atoms with van der Waals surface area (Å²) in [6, 6.07) is 11.4. The third-order valence-electron chi connectivity index (χ3n) is 11.5. The number of carbonyl (C=O) groups excluding carboxylic acids is 4. The Bertz CT molecular complexity index is 1990. The normalized spacial score (nSPS) is 19.6. The molecule has 54 heavy (non-hydrogen) atoms. The minimum atomic E-state index is -1.45. The summed E-state index contributed by atoms with van der Waals surface area (Å²) in [6.45, 7) is 5.94. The highest BCUT2D eigenvalue weighted by molar-refractivity contribution is 6.31. The molecule has 16 nitrogen and oxygen atoms in total. The Morgan fingerprint density at radius 2 is 1.54 bits per heavy atom. The summed E-state index contributed by atoms with van der Waals surface area (Å²) >= 11 is 0. The number of ether oxygens (including phenoxy) is 1. The topological polar surface area (TPSA) is 178 Å². The van der Waals surface area contributed by atoms with Crippen LogP contribution in [0.5, 0.6) is 0 Å². The monoisotopic (exact) mass is 745 g/mol. The number of nitrogens with one attached hydrogen (secondary N) is 1. The van der Waals surface area contributed by atoms with E-state index in [0.717, 1.165) is 23.2 Å². The van der Waals surface area contributed by atoms with Gasteiger partial charge in [0.15, 0.2) is 11.7 Å². The molecule has 0 unspecified atom stereocenters. The van der Waals surface area contributed by atoms with E-state index in [-0.39, 0.29) is 30.4 Å². The van der Waals surface area contributed by atoms with E-state index in [2.05, 4.69) is 10.2 Å². The van der Waals surface area contributed by atoms with Gasteiger partial charge in [-0.2, -0.15) is 0 Å². The molecule has 0 aliphatic carbocycles. The molecule has 4 aliphatic rings. The first-order valence-corrected chi connectivity index (χ1v) is 18.7. The predicted molar refractivity (Wildman–Crippen MR) is 196 cm³/mol. The average Bonchev–Trinajstić information content (AvgIpc) is 3.35.